The van der Waals surface area contributed by atoms with Crippen LogP contribution in [-0.4, -0.2) is 27.5 Å². The van der Waals surface area contributed by atoms with Gasteiger partial charge in [-0.15, -0.1) is 0 Å². The second-order valence-electron chi connectivity index (χ2n) is 1.51. The summed E-state index contributed by atoms with van der Waals surface area (Å²) in [5.74, 6) is 0. The molecule has 0 heterocycles. The summed E-state index contributed by atoms with van der Waals surface area (Å²) in [6.07, 6.45) is -2.72. The van der Waals surface area contributed by atoms with Crippen molar-refractivity contribution in [1.82, 2.24) is 0 Å². The molecular weight excluding hydrogens is 147 g/mol. The number of hydrogen-bond acceptors (Lipinski definition) is 4. The molecule has 0 saturated heterocycles. The lowest BCUT2D eigenvalue weighted by atomic mass is 10.4. The second-order valence-corrected chi connectivity index (χ2v) is 2.28. The molecule has 3 atom stereocenters. The summed E-state index contributed by atoms with van der Waals surface area (Å²) < 4.78 is 13.7. The Hall–Kier alpha value is 0.0700. The molecule has 3 N–H and O–H groups in total. The lowest BCUT2D eigenvalue weighted by Gasteiger charge is -2.10. The summed E-state index contributed by atoms with van der Waals surface area (Å²) in [4.78, 5) is 8.02. The Labute approximate surface area is 52.8 Å². The number of rotatable bonds is 3. The van der Waals surface area contributed by atoms with Crippen LogP contribution in [0.15, 0.2) is 0 Å². The van der Waals surface area contributed by atoms with Crippen molar-refractivity contribution in [1.29, 1.82) is 0 Å². The van der Waals surface area contributed by atoms with Crippen LogP contribution < -0.4 is 0 Å². The molecule has 5 nitrogen and oxygen atoms in total. The van der Waals surface area contributed by atoms with Crippen molar-refractivity contribution in [2.45, 2.75) is 19.3 Å². The van der Waals surface area contributed by atoms with Gasteiger partial charge in [0.15, 0.2) is 6.29 Å². The van der Waals surface area contributed by atoms with E-state index in [1.165, 1.54) is 6.92 Å². The molecule has 0 spiro atoms. The fourth-order valence-corrected chi connectivity index (χ4v) is 0.605. The Morgan fingerprint density at radius 2 is 2.00 bits per heavy atom. The van der Waals surface area contributed by atoms with Crippen LogP contribution >= 0.6 is 8.25 Å². The molecule has 0 bridgehead atoms. The summed E-state index contributed by atoms with van der Waals surface area (Å²) in [6, 6.07) is 0. The normalized spacial score (nSPS) is 20.9. The number of aliphatic hydroxyl groups is 2. The van der Waals surface area contributed by atoms with Gasteiger partial charge in [-0.2, -0.15) is 0 Å². The predicted molar refractivity (Wildman–Crippen MR) is 30.0 cm³/mol. The Kier molecular flexibility index (Phi) is 4.01. The minimum atomic E-state index is -3.14. The summed E-state index contributed by atoms with van der Waals surface area (Å²) in [7, 11) is -3.14. The maximum atomic E-state index is 9.81. The smallest absolute Gasteiger partial charge is 0.318 e. The van der Waals surface area contributed by atoms with Crippen molar-refractivity contribution >= 4 is 8.25 Å². The fourth-order valence-electron chi connectivity index (χ4n) is 0.202. The van der Waals surface area contributed by atoms with Gasteiger partial charge in [-0.05, 0) is 6.92 Å². The molecule has 0 aromatic heterocycles. The Morgan fingerprint density at radius 3 is 2.11 bits per heavy atom. The summed E-state index contributed by atoms with van der Waals surface area (Å²) >= 11 is 0. The van der Waals surface area contributed by atoms with E-state index in [0.717, 1.165) is 0 Å². The van der Waals surface area contributed by atoms with Crippen LogP contribution in [0.1, 0.15) is 6.92 Å². The molecule has 0 aromatic rings. The van der Waals surface area contributed by atoms with Gasteiger partial charge >= 0.3 is 8.25 Å². The van der Waals surface area contributed by atoms with E-state index in [1.54, 1.807) is 0 Å². The third kappa shape index (κ3) is 4.57. The van der Waals surface area contributed by atoms with E-state index in [4.69, 9.17) is 15.1 Å². The SMILES string of the molecule is CC(O)C(O)O[PH](=O)O. The second kappa shape index (κ2) is 3.98. The highest BCUT2D eigenvalue weighted by Gasteiger charge is 2.12. The van der Waals surface area contributed by atoms with Crippen LogP contribution in [0.2, 0.25) is 0 Å². The number of hydrogen-bond donors (Lipinski definition) is 3. The van der Waals surface area contributed by atoms with Crippen LogP contribution in [0.4, 0.5) is 0 Å². The first-order chi connectivity index (χ1) is 4.04. The van der Waals surface area contributed by atoms with Gasteiger partial charge in [-0.25, -0.2) is 0 Å². The van der Waals surface area contributed by atoms with Gasteiger partial charge in [0.2, 0.25) is 0 Å². The summed E-state index contributed by atoms with van der Waals surface area (Å²) in [5.41, 5.74) is 0. The Balaban J connectivity index is 3.50. The summed E-state index contributed by atoms with van der Waals surface area (Å²) in [6.45, 7) is 1.25. The largest absolute Gasteiger partial charge is 0.388 e. The quantitative estimate of drug-likeness (QED) is 0.363. The van der Waals surface area contributed by atoms with Crippen molar-refractivity contribution in [2.24, 2.45) is 0 Å². The molecule has 0 fully saturated rings. The van der Waals surface area contributed by atoms with Crippen LogP contribution in [0.3, 0.4) is 0 Å². The zero-order chi connectivity index (χ0) is 7.44. The summed E-state index contributed by atoms with van der Waals surface area (Å²) in [5, 5.41) is 17.0. The van der Waals surface area contributed by atoms with Crippen LogP contribution in [0.25, 0.3) is 0 Å². The molecule has 0 aromatic carbocycles. The molecule has 56 valence electrons. The van der Waals surface area contributed by atoms with E-state index < -0.39 is 20.6 Å². The highest BCUT2D eigenvalue weighted by molar-refractivity contribution is 7.32. The predicted octanol–water partition coefficient (Wildman–Crippen LogP) is -0.916. The van der Waals surface area contributed by atoms with E-state index in [1.807, 2.05) is 0 Å². The maximum absolute atomic E-state index is 9.81. The zero-order valence-electron chi connectivity index (χ0n) is 4.81. The lowest BCUT2D eigenvalue weighted by Crippen LogP contribution is -2.22. The molecular formula is C3H9O5P. The topological polar surface area (TPSA) is 87.0 Å². The Bertz CT molecular complexity index is 102. The van der Waals surface area contributed by atoms with Crippen molar-refractivity contribution < 1.29 is 24.2 Å². The molecule has 0 amide bonds. The molecule has 0 radical (unpaired) electrons. The van der Waals surface area contributed by atoms with E-state index in [2.05, 4.69) is 4.52 Å². The molecule has 0 aliphatic heterocycles. The van der Waals surface area contributed by atoms with E-state index in [-0.39, 0.29) is 0 Å². The minimum Gasteiger partial charge on any atom is -0.388 e. The molecule has 3 unspecified atom stereocenters. The molecule has 6 heteroatoms. The van der Waals surface area contributed by atoms with Gasteiger partial charge in [0.25, 0.3) is 0 Å². The van der Waals surface area contributed by atoms with Gasteiger partial charge in [-0.1, -0.05) is 0 Å². The minimum absolute atomic E-state index is 1.15. The Morgan fingerprint density at radius 1 is 1.56 bits per heavy atom. The number of aliphatic hydroxyl groups excluding tert-OH is 2. The van der Waals surface area contributed by atoms with Gasteiger partial charge in [0.05, 0.1) is 0 Å². The molecule has 9 heavy (non-hydrogen) atoms. The molecule has 0 aliphatic rings. The standard InChI is InChI=1S/C3H9O5P/c1-2(4)3(5)8-9(6)7/h2-5,9H,1H3,(H,6,7). The van der Waals surface area contributed by atoms with Gasteiger partial charge < -0.3 is 15.1 Å². The zero-order valence-corrected chi connectivity index (χ0v) is 5.81. The van der Waals surface area contributed by atoms with E-state index in [9.17, 15) is 4.57 Å². The van der Waals surface area contributed by atoms with E-state index in [0.29, 0.717) is 0 Å². The first kappa shape index (κ1) is 9.07. The van der Waals surface area contributed by atoms with Gasteiger partial charge in [-0.3, -0.25) is 9.09 Å². The fraction of sp³-hybridized carbons (Fsp3) is 1.00. The van der Waals surface area contributed by atoms with Crippen LogP contribution in [-0.2, 0) is 9.09 Å². The highest BCUT2D eigenvalue weighted by Crippen LogP contribution is 2.17. The molecule has 0 rings (SSSR count). The van der Waals surface area contributed by atoms with E-state index >= 15 is 0 Å². The lowest BCUT2D eigenvalue weighted by molar-refractivity contribution is -0.0965. The third-order valence-electron chi connectivity index (χ3n) is 0.634. The van der Waals surface area contributed by atoms with Gasteiger partial charge in [0.1, 0.15) is 6.10 Å². The van der Waals surface area contributed by atoms with Gasteiger partial charge in [0, 0.05) is 0 Å². The average molecular weight is 156 g/mol. The highest BCUT2D eigenvalue weighted by atomic mass is 31.1. The monoisotopic (exact) mass is 156 g/mol. The molecule has 0 aliphatic carbocycles. The maximum Gasteiger partial charge on any atom is 0.318 e. The van der Waals surface area contributed by atoms with Crippen molar-refractivity contribution in [3.05, 3.63) is 0 Å². The third-order valence-corrected chi connectivity index (χ3v) is 1.08. The van der Waals surface area contributed by atoms with Crippen LogP contribution in [0, 0.1) is 0 Å². The first-order valence-corrected chi connectivity index (χ1v) is 3.56. The first-order valence-electron chi connectivity index (χ1n) is 2.29. The van der Waals surface area contributed by atoms with Crippen molar-refractivity contribution in [3.63, 3.8) is 0 Å². The van der Waals surface area contributed by atoms with Crippen molar-refractivity contribution in [3.8, 4) is 0 Å². The van der Waals surface area contributed by atoms with Crippen molar-refractivity contribution in [2.75, 3.05) is 0 Å². The van der Waals surface area contributed by atoms with Crippen LogP contribution in [0.5, 0.6) is 0 Å². The molecule has 0 saturated carbocycles. The average Bonchev–Trinajstić information content (AvgIpc) is 1.63.